The van der Waals surface area contributed by atoms with Gasteiger partial charge in [0.1, 0.15) is 0 Å². The molecule has 16 heavy (non-hydrogen) atoms. The first-order chi connectivity index (χ1) is 7.56. The van der Waals surface area contributed by atoms with E-state index in [9.17, 15) is 0 Å². The van der Waals surface area contributed by atoms with E-state index in [4.69, 9.17) is 0 Å². The van der Waals surface area contributed by atoms with Crippen molar-refractivity contribution in [2.75, 3.05) is 19.3 Å². The highest BCUT2D eigenvalue weighted by Gasteiger charge is 2.26. The molecule has 0 aliphatic heterocycles. The Morgan fingerprint density at radius 1 is 1.25 bits per heavy atom. The van der Waals surface area contributed by atoms with Crippen LogP contribution >= 0.6 is 12.6 Å². The van der Waals surface area contributed by atoms with E-state index in [0.29, 0.717) is 0 Å². The van der Waals surface area contributed by atoms with Crippen molar-refractivity contribution < 1.29 is 0 Å². The molecule has 1 rings (SSSR count). The van der Waals surface area contributed by atoms with Gasteiger partial charge in [-0.2, -0.15) is 12.6 Å². The van der Waals surface area contributed by atoms with Crippen molar-refractivity contribution >= 4 is 12.6 Å². The first-order valence-electron chi connectivity index (χ1n) is 6.87. The third kappa shape index (κ3) is 3.96. The summed E-state index contributed by atoms with van der Waals surface area (Å²) in [5, 5.41) is 0. The Morgan fingerprint density at radius 3 is 2.38 bits per heavy atom. The predicted molar refractivity (Wildman–Crippen MR) is 76.2 cm³/mol. The average molecular weight is 243 g/mol. The monoisotopic (exact) mass is 243 g/mol. The largest absolute Gasteiger partial charge is 0.303 e. The number of hydrogen-bond donors (Lipinski definition) is 1. The van der Waals surface area contributed by atoms with Crippen LogP contribution in [-0.4, -0.2) is 30.3 Å². The van der Waals surface area contributed by atoms with E-state index in [1.54, 1.807) is 0 Å². The van der Waals surface area contributed by atoms with Crippen LogP contribution in [0.1, 0.15) is 46.5 Å². The zero-order valence-electron chi connectivity index (χ0n) is 11.4. The highest BCUT2D eigenvalue weighted by atomic mass is 32.1. The molecule has 0 saturated heterocycles. The van der Waals surface area contributed by atoms with Gasteiger partial charge in [0.15, 0.2) is 0 Å². The lowest BCUT2D eigenvalue weighted by Gasteiger charge is -2.38. The number of nitrogens with zero attached hydrogens (tertiary/aromatic N) is 1. The van der Waals surface area contributed by atoms with Gasteiger partial charge in [0.05, 0.1) is 0 Å². The molecule has 3 atom stereocenters. The topological polar surface area (TPSA) is 3.24 Å². The van der Waals surface area contributed by atoms with E-state index in [2.05, 4.69) is 45.3 Å². The second kappa shape index (κ2) is 6.90. The van der Waals surface area contributed by atoms with E-state index in [1.807, 2.05) is 0 Å². The molecule has 1 aliphatic carbocycles. The van der Waals surface area contributed by atoms with Crippen molar-refractivity contribution in [3.05, 3.63) is 0 Å². The van der Waals surface area contributed by atoms with Crippen LogP contribution in [0.4, 0.5) is 0 Å². The molecule has 3 unspecified atom stereocenters. The Hall–Kier alpha value is 0.310. The molecule has 1 saturated carbocycles. The first-order valence-corrected chi connectivity index (χ1v) is 7.50. The van der Waals surface area contributed by atoms with Crippen LogP contribution in [-0.2, 0) is 0 Å². The van der Waals surface area contributed by atoms with Crippen molar-refractivity contribution in [2.24, 2.45) is 17.8 Å². The zero-order chi connectivity index (χ0) is 12.1. The molecule has 0 spiro atoms. The number of thiol groups is 1. The van der Waals surface area contributed by atoms with E-state index in [0.717, 1.165) is 29.5 Å². The van der Waals surface area contributed by atoms with Crippen molar-refractivity contribution in [2.45, 2.75) is 52.5 Å². The maximum atomic E-state index is 4.49. The van der Waals surface area contributed by atoms with E-state index < -0.39 is 0 Å². The summed E-state index contributed by atoms with van der Waals surface area (Å²) >= 11 is 4.49. The Morgan fingerprint density at radius 2 is 1.88 bits per heavy atom. The van der Waals surface area contributed by atoms with Gasteiger partial charge in [0, 0.05) is 12.6 Å². The molecule has 0 amide bonds. The Bertz CT molecular complexity index is 193. The molecular formula is C14H29NS. The molecule has 0 N–H and O–H groups in total. The van der Waals surface area contributed by atoms with Crippen LogP contribution in [0.25, 0.3) is 0 Å². The average Bonchev–Trinajstić information content (AvgIpc) is 2.25. The first kappa shape index (κ1) is 14.4. The van der Waals surface area contributed by atoms with Gasteiger partial charge in [-0.25, -0.2) is 0 Å². The Labute approximate surface area is 107 Å². The van der Waals surface area contributed by atoms with Gasteiger partial charge >= 0.3 is 0 Å². The van der Waals surface area contributed by atoms with Gasteiger partial charge in [0.25, 0.3) is 0 Å². The van der Waals surface area contributed by atoms with Gasteiger partial charge in [-0.15, -0.1) is 0 Å². The number of rotatable bonds is 5. The minimum absolute atomic E-state index is 0.738. The fourth-order valence-corrected chi connectivity index (χ4v) is 3.47. The zero-order valence-corrected chi connectivity index (χ0v) is 12.3. The van der Waals surface area contributed by atoms with Crippen LogP contribution in [0.2, 0.25) is 0 Å². The predicted octanol–water partition coefficient (Wildman–Crippen LogP) is 3.70. The molecule has 0 aromatic carbocycles. The summed E-state index contributed by atoms with van der Waals surface area (Å²) in [5.74, 6) is 3.39. The summed E-state index contributed by atoms with van der Waals surface area (Å²) in [6.45, 7) is 8.28. The maximum Gasteiger partial charge on any atom is 0.0118 e. The van der Waals surface area contributed by atoms with Gasteiger partial charge < -0.3 is 4.90 Å². The van der Waals surface area contributed by atoms with Crippen molar-refractivity contribution in [1.82, 2.24) is 4.90 Å². The normalized spacial score (nSPS) is 28.7. The van der Waals surface area contributed by atoms with Gasteiger partial charge in [0.2, 0.25) is 0 Å². The molecule has 0 radical (unpaired) electrons. The molecule has 0 heterocycles. The lowest BCUT2D eigenvalue weighted by atomic mass is 9.84. The summed E-state index contributed by atoms with van der Waals surface area (Å²) in [6, 6.07) is 0.815. The van der Waals surface area contributed by atoms with Crippen LogP contribution in [0, 0.1) is 17.8 Å². The summed E-state index contributed by atoms with van der Waals surface area (Å²) in [4.78, 5) is 2.60. The second-order valence-electron chi connectivity index (χ2n) is 5.96. The smallest absolute Gasteiger partial charge is 0.0118 e. The van der Waals surface area contributed by atoms with Crippen LogP contribution in [0.15, 0.2) is 0 Å². The molecule has 0 aromatic heterocycles. The molecule has 1 fully saturated rings. The molecular weight excluding hydrogens is 214 g/mol. The second-order valence-corrected chi connectivity index (χ2v) is 6.32. The van der Waals surface area contributed by atoms with Crippen LogP contribution in [0.3, 0.4) is 0 Å². The quantitative estimate of drug-likeness (QED) is 0.721. The Kier molecular flexibility index (Phi) is 6.20. The standard InChI is InChI=1S/C14H29NS/c1-11(2)13(10-16)9-15(4)14-8-6-5-7-12(14)3/h11-14,16H,5-10H2,1-4H3. The van der Waals surface area contributed by atoms with E-state index in [1.165, 1.54) is 32.2 Å². The third-order valence-corrected chi connectivity index (χ3v) is 4.80. The molecule has 0 bridgehead atoms. The third-order valence-electron chi connectivity index (χ3n) is 4.33. The minimum Gasteiger partial charge on any atom is -0.303 e. The highest BCUT2D eigenvalue weighted by Crippen LogP contribution is 2.28. The van der Waals surface area contributed by atoms with E-state index >= 15 is 0 Å². The Balaban J connectivity index is 2.46. The SMILES string of the molecule is CC(C)C(CS)CN(C)C1CCCCC1C. The molecule has 0 aromatic rings. The van der Waals surface area contributed by atoms with Crippen LogP contribution in [0.5, 0.6) is 0 Å². The maximum absolute atomic E-state index is 4.49. The fourth-order valence-electron chi connectivity index (χ4n) is 2.94. The van der Waals surface area contributed by atoms with Crippen molar-refractivity contribution in [3.63, 3.8) is 0 Å². The van der Waals surface area contributed by atoms with Crippen molar-refractivity contribution in [3.8, 4) is 0 Å². The minimum atomic E-state index is 0.738. The highest BCUT2D eigenvalue weighted by molar-refractivity contribution is 7.80. The lowest BCUT2D eigenvalue weighted by molar-refractivity contribution is 0.116. The summed E-state index contributed by atoms with van der Waals surface area (Å²) in [6.07, 6.45) is 5.68. The summed E-state index contributed by atoms with van der Waals surface area (Å²) < 4.78 is 0. The number of hydrogen-bond acceptors (Lipinski definition) is 2. The van der Waals surface area contributed by atoms with Crippen LogP contribution < -0.4 is 0 Å². The van der Waals surface area contributed by atoms with Gasteiger partial charge in [-0.1, -0.05) is 33.6 Å². The van der Waals surface area contributed by atoms with Gasteiger partial charge in [-0.3, -0.25) is 0 Å². The molecule has 1 nitrogen and oxygen atoms in total. The fraction of sp³-hybridized carbons (Fsp3) is 1.00. The van der Waals surface area contributed by atoms with Gasteiger partial charge in [-0.05, 0) is 43.4 Å². The summed E-state index contributed by atoms with van der Waals surface area (Å²) in [7, 11) is 2.31. The lowest BCUT2D eigenvalue weighted by Crippen LogP contribution is -2.42. The summed E-state index contributed by atoms with van der Waals surface area (Å²) in [5.41, 5.74) is 0. The molecule has 2 heteroatoms. The molecule has 96 valence electrons. The molecule has 1 aliphatic rings. The van der Waals surface area contributed by atoms with Crippen molar-refractivity contribution in [1.29, 1.82) is 0 Å². The van der Waals surface area contributed by atoms with E-state index in [-0.39, 0.29) is 0 Å².